The van der Waals surface area contributed by atoms with Crippen molar-refractivity contribution in [1.29, 1.82) is 0 Å². The average molecular weight is 295 g/mol. The molecule has 0 spiro atoms. The zero-order valence-corrected chi connectivity index (χ0v) is 12.4. The van der Waals surface area contributed by atoms with Crippen LogP contribution in [-0.4, -0.2) is 22.9 Å². The molecule has 7 nitrogen and oxygen atoms in total. The molecule has 1 rings (SSSR count). The summed E-state index contributed by atoms with van der Waals surface area (Å²) in [6.45, 7) is 5.56. The molecule has 114 valence electrons. The van der Waals surface area contributed by atoms with Crippen molar-refractivity contribution in [1.82, 2.24) is 4.98 Å². The molecule has 0 atom stereocenters. The molecule has 0 bridgehead atoms. The van der Waals surface area contributed by atoms with Gasteiger partial charge in [-0.15, -0.1) is 0 Å². The van der Waals surface area contributed by atoms with Crippen molar-refractivity contribution >= 4 is 17.9 Å². The van der Waals surface area contributed by atoms with Crippen LogP contribution in [-0.2, 0) is 25.7 Å². The second-order valence-corrected chi connectivity index (χ2v) is 4.22. The molecule has 0 radical (unpaired) electrons. The van der Waals surface area contributed by atoms with E-state index in [1.54, 1.807) is 13.8 Å². The molecule has 1 aromatic rings. The van der Waals surface area contributed by atoms with Crippen LogP contribution in [0.3, 0.4) is 0 Å². The van der Waals surface area contributed by atoms with Gasteiger partial charge in [-0.2, -0.15) is 0 Å². The molecule has 21 heavy (non-hydrogen) atoms. The fourth-order valence-electron chi connectivity index (χ4n) is 1.49. The smallest absolute Gasteiger partial charge is 0.310 e. The van der Waals surface area contributed by atoms with Crippen molar-refractivity contribution in [3.63, 3.8) is 0 Å². The van der Waals surface area contributed by atoms with E-state index in [0.29, 0.717) is 5.69 Å². The molecule has 0 aliphatic heterocycles. The first-order valence-corrected chi connectivity index (χ1v) is 6.36. The Hall–Kier alpha value is -2.44. The second kappa shape index (κ2) is 7.37. The number of aryl methyl sites for hydroxylation is 1. The first-order valence-electron chi connectivity index (χ1n) is 6.36. The summed E-state index contributed by atoms with van der Waals surface area (Å²) in [4.78, 5) is 37.6. The SMILES string of the molecule is CCC(=O)Oc1cnc(C)c(OC(C)=O)c1COC(C)=O. The molecule has 0 aliphatic rings. The summed E-state index contributed by atoms with van der Waals surface area (Å²) in [7, 11) is 0. The number of pyridine rings is 1. The molecule has 0 fully saturated rings. The highest BCUT2D eigenvalue weighted by Gasteiger charge is 2.19. The lowest BCUT2D eigenvalue weighted by atomic mass is 10.2. The van der Waals surface area contributed by atoms with E-state index in [-0.39, 0.29) is 30.1 Å². The number of ether oxygens (including phenoxy) is 3. The minimum atomic E-state index is -0.553. The van der Waals surface area contributed by atoms with Crippen molar-refractivity contribution in [2.45, 2.75) is 40.7 Å². The maximum Gasteiger partial charge on any atom is 0.310 e. The van der Waals surface area contributed by atoms with E-state index in [1.165, 1.54) is 20.0 Å². The first-order chi connectivity index (χ1) is 9.85. The zero-order chi connectivity index (χ0) is 16.0. The van der Waals surface area contributed by atoms with E-state index >= 15 is 0 Å². The normalized spacial score (nSPS) is 9.90. The third-order valence-electron chi connectivity index (χ3n) is 2.45. The van der Waals surface area contributed by atoms with Gasteiger partial charge in [-0.25, -0.2) is 0 Å². The lowest BCUT2D eigenvalue weighted by molar-refractivity contribution is -0.142. The molecular formula is C14H17NO6. The number of nitrogens with zero attached hydrogens (tertiary/aromatic N) is 1. The van der Waals surface area contributed by atoms with Crippen LogP contribution in [0.1, 0.15) is 38.4 Å². The summed E-state index contributed by atoms with van der Waals surface area (Å²) in [5, 5.41) is 0. The van der Waals surface area contributed by atoms with E-state index in [4.69, 9.17) is 14.2 Å². The number of hydrogen-bond acceptors (Lipinski definition) is 7. The number of aromatic nitrogens is 1. The van der Waals surface area contributed by atoms with Gasteiger partial charge in [-0.1, -0.05) is 6.92 Å². The predicted octanol–water partition coefficient (Wildman–Crippen LogP) is 1.69. The van der Waals surface area contributed by atoms with Gasteiger partial charge in [0.1, 0.15) is 6.61 Å². The molecule has 0 amide bonds. The Balaban J connectivity index is 3.24. The van der Waals surface area contributed by atoms with E-state index < -0.39 is 17.9 Å². The topological polar surface area (TPSA) is 91.8 Å². The number of rotatable bonds is 5. The summed E-state index contributed by atoms with van der Waals surface area (Å²) in [6, 6.07) is 0. The largest absolute Gasteiger partial charge is 0.461 e. The van der Waals surface area contributed by atoms with Crippen molar-refractivity contribution in [3.05, 3.63) is 17.5 Å². The Morgan fingerprint density at radius 2 is 1.81 bits per heavy atom. The van der Waals surface area contributed by atoms with Crippen molar-refractivity contribution in [3.8, 4) is 11.5 Å². The fraction of sp³-hybridized carbons (Fsp3) is 0.429. The lowest BCUT2D eigenvalue weighted by Gasteiger charge is -2.15. The van der Waals surface area contributed by atoms with Crippen LogP contribution in [0.15, 0.2) is 6.20 Å². The van der Waals surface area contributed by atoms with Gasteiger partial charge in [-0.3, -0.25) is 19.4 Å². The molecule has 0 aromatic carbocycles. The van der Waals surface area contributed by atoms with Gasteiger partial charge in [0.25, 0.3) is 0 Å². The van der Waals surface area contributed by atoms with Crippen LogP contribution in [0.5, 0.6) is 11.5 Å². The van der Waals surface area contributed by atoms with Crippen LogP contribution in [0, 0.1) is 6.92 Å². The Morgan fingerprint density at radius 3 is 2.33 bits per heavy atom. The highest BCUT2D eigenvalue weighted by atomic mass is 16.6. The molecule has 1 heterocycles. The van der Waals surface area contributed by atoms with Gasteiger partial charge < -0.3 is 14.2 Å². The second-order valence-electron chi connectivity index (χ2n) is 4.22. The number of esters is 3. The van der Waals surface area contributed by atoms with E-state index in [1.807, 2.05) is 0 Å². The van der Waals surface area contributed by atoms with Crippen molar-refractivity contribution < 1.29 is 28.6 Å². The van der Waals surface area contributed by atoms with Crippen LogP contribution < -0.4 is 9.47 Å². The molecule has 7 heteroatoms. The van der Waals surface area contributed by atoms with Gasteiger partial charge in [0.2, 0.25) is 0 Å². The quantitative estimate of drug-likeness (QED) is 0.763. The number of carbonyl (C=O) groups excluding carboxylic acids is 3. The van der Waals surface area contributed by atoms with Crippen LogP contribution in [0.25, 0.3) is 0 Å². The third kappa shape index (κ3) is 4.87. The van der Waals surface area contributed by atoms with Gasteiger partial charge in [0.05, 0.1) is 17.5 Å². The average Bonchev–Trinajstić information content (AvgIpc) is 2.40. The molecule has 0 unspecified atom stereocenters. The van der Waals surface area contributed by atoms with Gasteiger partial charge in [0.15, 0.2) is 11.5 Å². The van der Waals surface area contributed by atoms with E-state index in [2.05, 4.69) is 4.98 Å². The molecule has 1 aromatic heterocycles. The van der Waals surface area contributed by atoms with Crippen molar-refractivity contribution in [2.24, 2.45) is 0 Å². The Kier molecular flexibility index (Phi) is 5.83. The molecular weight excluding hydrogens is 278 g/mol. The van der Waals surface area contributed by atoms with E-state index in [0.717, 1.165) is 0 Å². The maximum absolute atomic E-state index is 11.4. The Morgan fingerprint density at radius 1 is 1.14 bits per heavy atom. The number of carbonyl (C=O) groups is 3. The zero-order valence-electron chi connectivity index (χ0n) is 12.4. The van der Waals surface area contributed by atoms with Crippen LogP contribution in [0.4, 0.5) is 0 Å². The van der Waals surface area contributed by atoms with Gasteiger partial charge >= 0.3 is 17.9 Å². The van der Waals surface area contributed by atoms with Crippen LogP contribution in [0.2, 0.25) is 0 Å². The monoisotopic (exact) mass is 295 g/mol. The molecule has 0 N–H and O–H groups in total. The highest BCUT2D eigenvalue weighted by Crippen LogP contribution is 2.31. The summed E-state index contributed by atoms with van der Waals surface area (Å²) >= 11 is 0. The maximum atomic E-state index is 11.4. The summed E-state index contributed by atoms with van der Waals surface area (Å²) in [5.74, 6) is -1.30. The molecule has 0 aliphatic carbocycles. The van der Waals surface area contributed by atoms with Gasteiger partial charge in [-0.05, 0) is 6.92 Å². The molecule has 0 saturated carbocycles. The summed E-state index contributed by atoms with van der Waals surface area (Å²) in [6.07, 6.45) is 1.50. The minimum Gasteiger partial charge on any atom is -0.461 e. The Bertz CT molecular complexity index is 567. The molecule has 0 saturated heterocycles. The summed E-state index contributed by atoms with van der Waals surface area (Å²) < 4.78 is 15.1. The Labute approximate surface area is 122 Å². The van der Waals surface area contributed by atoms with Crippen molar-refractivity contribution in [2.75, 3.05) is 0 Å². The highest BCUT2D eigenvalue weighted by molar-refractivity contribution is 5.74. The fourth-order valence-corrected chi connectivity index (χ4v) is 1.49. The summed E-state index contributed by atoms with van der Waals surface area (Å²) in [5.41, 5.74) is 0.707. The predicted molar refractivity (Wildman–Crippen MR) is 71.7 cm³/mol. The van der Waals surface area contributed by atoms with Crippen LogP contribution >= 0.6 is 0 Å². The standard InChI is InChI=1S/C14H17NO6/c1-5-13(18)21-12-6-15-8(2)14(20-10(4)17)11(12)7-19-9(3)16/h6H,5,7H2,1-4H3. The number of hydrogen-bond donors (Lipinski definition) is 0. The lowest BCUT2D eigenvalue weighted by Crippen LogP contribution is -2.13. The first kappa shape index (κ1) is 16.6. The minimum absolute atomic E-state index is 0.102. The van der Waals surface area contributed by atoms with Gasteiger partial charge in [0, 0.05) is 20.3 Å². The third-order valence-corrected chi connectivity index (χ3v) is 2.45. The van der Waals surface area contributed by atoms with E-state index in [9.17, 15) is 14.4 Å².